The number of hydrogen-bond acceptors (Lipinski definition) is 3. The van der Waals surface area contributed by atoms with Gasteiger partial charge in [-0.25, -0.2) is 0 Å². The van der Waals surface area contributed by atoms with E-state index in [0.29, 0.717) is 6.61 Å². The van der Waals surface area contributed by atoms with Crippen LogP contribution in [0.15, 0.2) is 35.3 Å². The number of benzene rings is 1. The van der Waals surface area contributed by atoms with Crippen molar-refractivity contribution in [1.82, 2.24) is 4.98 Å². The Hall–Kier alpha value is -2.54. The molecule has 4 heteroatoms. The van der Waals surface area contributed by atoms with Crippen molar-refractivity contribution in [2.75, 3.05) is 6.61 Å². The molecule has 1 aromatic carbocycles. The molecule has 96 valence electrons. The summed E-state index contributed by atoms with van der Waals surface area (Å²) in [5.74, 6) is 5.31. The lowest BCUT2D eigenvalue weighted by Crippen LogP contribution is -2.02. The van der Waals surface area contributed by atoms with Gasteiger partial charge in [-0.1, -0.05) is 17.9 Å². The van der Waals surface area contributed by atoms with Crippen molar-refractivity contribution in [3.8, 4) is 11.8 Å². The molecule has 0 radical (unpaired) electrons. The average Bonchev–Trinajstić information content (AvgIpc) is 2.38. The van der Waals surface area contributed by atoms with Crippen molar-refractivity contribution < 1.29 is 9.53 Å². The number of H-pyrrole nitrogens is 1. The van der Waals surface area contributed by atoms with Crippen LogP contribution in [0.4, 0.5) is 0 Å². The van der Waals surface area contributed by atoms with Gasteiger partial charge in [-0.3, -0.25) is 9.59 Å². The second-order valence-electron chi connectivity index (χ2n) is 3.92. The van der Waals surface area contributed by atoms with Crippen LogP contribution >= 0.6 is 0 Å². The summed E-state index contributed by atoms with van der Waals surface area (Å²) in [6.07, 6.45) is 1.73. The number of aromatic amines is 1. The van der Waals surface area contributed by atoms with Crippen LogP contribution in [0, 0.1) is 11.8 Å². The SMILES string of the molecule is CCOC(=O)CC#Cc1ccc2c[nH]c(=O)cc2c1. The molecular weight excluding hydrogens is 242 g/mol. The maximum atomic E-state index is 11.2. The molecule has 0 saturated heterocycles. The third-order valence-electron chi connectivity index (χ3n) is 2.51. The molecule has 0 atom stereocenters. The Morgan fingerprint density at radius 3 is 2.95 bits per heavy atom. The van der Waals surface area contributed by atoms with Crippen molar-refractivity contribution in [2.45, 2.75) is 13.3 Å². The number of aromatic nitrogens is 1. The minimum absolute atomic E-state index is 0.0707. The number of rotatable bonds is 2. The summed E-state index contributed by atoms with van der Waals surface area (Å²) < 4.78 is 4.78. The zero-order valence-corrected chi connectivity index (χ0v) is 10.5. The third kappa shape index (κ3) is 3.46. The van der Waals surface area contributed by atoms with Crippen molar-refractivity contribution >= 4 is 16.7 Å². The lowest BCUT2D eigenvalue weighted by molar-refractivity contribution is -0.141. The van der Waals surface area contributed by atoms with E-state index >= 15 is 0 Å². The summed E-state index contributed by atoms with van der Waals surface area (Å²) >= 11 is 0. The van der Waals surface area contributed by atoms with Crippen LogP contribution in [0.3, 0.4) is 0 Å². The average molecular weight is 255 g/mol. The molecule has 0 unspecified atom stereocenters. The van der Waals surface area contributed by atoms with Crippen LogP contribution in [-0.4, -0.2) is 17.6 Å². The molecule has 0 aliphatic heterocycles. The maximum absolute atomic E-state index is 11.2. The Bertz CT molecular complexity index is 719. The van der Waals surface area contributed by atoms with Gasteiger partial charge in [0.25, 0.3) is 0 Å². The molecule has 0 spiro atoms. The van der Waals surface area contributed by atoms with Gasteiger partial charge in [0.15, 0.2) is 0 Å². The summed E-state index contributed by atoms with van der Waals surface area (Å²) in [6.45, 7) is 2.12. The molecule has 0 amide bonds. The fourth-order valence-corrected chi connectivity index (χ4v) is 1.67. The number of pyridine rings is 1. The van der Waals surface area contributed by atoms with E-state index in [1.54, 1.807) is 13.1 Å². The summed E-state index contributed by atoms with van der Waals surface area (Å²) in [5, 5.41) is 1.77. The molecule has 1 heterocycles. The van der Waals surface area contributed by atoms with Gasteiger partial charge in [0, 0.05) is 17.8 Å². The number of hydrogen-bond donors (Lipinski definition) is 1. The number of fused-ring (bicyclic) bond motifs is 1. The minimum Gasteiger partial charge on any atom is -0.465 e. The Balaban J connectivity index is 2.20. The Morgan fingerprint density at radius 2 is 2.16 bits per heavy atom. The van der Waals surface area contributed by atoms with Gasteiger partial charge in [-0.05, 0) is 29.8 Å². The highest BCUT2D eigenvalue weighted by atomic mass is 16.5. The Labute approximate surface area is 110 Å². The first kappa shape index (κ1) is 12.9. The molecular formula is C15H13NO3. The number of ether oxygens (including phenoxy) is 1. The molecule has 19 heavy (non-hydrogen) atoms. The molecule has 0 fully saturated rings. The van der Waals surface area contributed by atoms with E-state index in [-0.39, 0.29) is 17.9 Å². The fraction of sp³-hybridized carbons (Fsp3) is 0.200. The molecule has 4 nitrogen and oxygen atoms in total. The number of nitrogens with one attached hydrogen (secondary N) is 1. The fourth-order valence-electron chi connectivity index (χ4n) is 1.67. The van der Waals surface area contributed by atoms with Crippen LogP contribution in [0.1, 0.15) is 18.9 Å². The number of esters is 1. The highest BCUT2D eigenvalue weighted by Crippen LogP contribution is 2.12. The topological polar surface area (TPSA) is 59.2 Å². The van der Waals surface area contributed by atoms with E-state index in [2.05, 4.69) is 16.8 Å². The van der Waals surface area contributed by atoms with Crippen LogP contribution in [0.2, 0.25) is 0 Å². The zero-order valence-electron chi connectivity index (χ0n) is 10.5. The minimum atomic E-state index is -0.327. The van der Waals surface area contributed by atoms with Crippen LogP contribution < -0.4 is 5.56 Å². The Kier molecular flexibility index (Phi) is 3.99. The van der Waals surface area contributed by atoms with Gasteiger partial charge in [0.05, 0.1) is 6.61 Å². The van der Waals surface area contributed by atoms with Crippen LogP contribution in [0.25, 0.3) is 10.8 Å². The summed E-state index contributed by atoms with van der Waals surface area (Å²) in [6, 6.07) is 7.06. The molecule has 0 aliphatic rings. The first-order chi connectivity index (χ1) is 9.19. The number of carbonyl (C=O) groups excluding carboxylic acids is 1. The lowest BCUT2D eigenvalue weighted by Gasteiger charge is -1.97. The summed E-state index contributed by atoms with van der Waals surface area (Å²) in [4.78, 5) is 25.0. The summed E-state index contributed by atoms with van der Waals surface area (Å²) in [5.41, 5.74) is 0.617. The smallest absolute Gasteiger partial charge is 0.317 e. The third-order valence-corrected chi connectivity index (χ3v) is 2.51. The second kappa shape index (κ2) is 5.87. The first-order valence-electron chi connectivity index (χ1n) is 5.96. The van der Waals surface area contributed by atoms with E-state index in [0.717, 1.165) is 16.3 Å². The summed E-state index contributed by atoms with van der Waals surface area (Å²) in [7, 11) is 0. The van der Waals surface area contributed by atoms with E-state index in [1.807, 2.05) is 18.2 Å². The van der Waals surface area contributed by atoms with E-state index in [1.165, 1.54) is 6.07 Å². The lowest BCUT2D eigenvalue weighted by atomic mass is 10.1. The molecule has 0 bridgehead atoms. The molecule has 0 aliphatic carbocycles. The molecule has 2 aromatic rings. The molecule has 1 N–H and O–H groups in total. The predicted octanol–water partition coefficient (Wildman–Crippen LogP) is 1.83. The van der Waals surface area contributed by atoms with Crippen molar-refractivity contribution in [3.05, 3.63) is 46.4 Å². The van der Waals surface area contributed by atoms with Crippen molar-refractivity contribution in [2.24, 2.45) is 0 Å². The predicted molar refractivity (Wildman–Crippen MR) is 72.7 cm³/mol. The molecule has 0 saturated carbocycles. The first-order valence-corrected chi connectivity index (χ1v) is 5.96. The largest absolute Gasteiger partial charge is 0.465 e. The number of carbonyl (C=O) groups is 1. The zero-order chi connectivity index (χ0) is 13.7. The van der Waals surface area contributed by atoms with Gasteiger partial charge in [0.1, 0.15) is 6.42 Å². The second-order valence-corrected chi connectivity index (χ2v) is 3.92. The van der Waals surface area contributed by atoms with Crippen molar-refractivity contribution in [3.63, 3.8) is 0 Å². The van der Waals surface area contributed by atoms with Crippen molar-refractivity contribution in [1.29, 1.82) is 0 Å². The Morgan fingerprint density at radius 1 is 1.32 bits per heavy atom. The van der Waals surface area contributed by atoms with E-state index in [9.17, 15) is 9.59 Å². The van der Waals surface area contributed by atoms with Gasteiger partial charge in [0.2, 0.25) is 5.56 Å². The highest BCUT2D eigenvalue weighted by Gasteiger charge is 1.97. The normalized spacial score (nSPS) is 9.74. The highest BCUT2D eigenvalue weighted by molar-refractivity contribution is 5.82. The standard InChI is InChI=1S/C15H13NO3/c1-2-19-15(18)5-3-4-11-6-7-12-10-16-14(17)9-13(12)8-11/h6-10H,2,5H2,1H3,(H,16,17). The van der Waals surface area contributed by atoms with Gasteiger partial charge in [-0.15, -0.1) is 0 Å². The monoisotopic (exact) mass is 255 g/mol. The van der Waals surface area contributed by atoms with Gasteiger partial charge < -0.3 is 9.72 Å². The quantitative estimate of drug-likeness (QED) is 0.658. The molecule has 1 aromatic heterocycles. The van der Waals surface area contributed by atoms with Crippen LogP contribution in [-0.2, 0) is 9.53 Å². The van der Waals surface area contributed by atoms with E-state index in [4.69, 9.17) is 4.74 Å². The maximum Gasteiger partial charge on any atom is 0.317 e. The molecule has 2 rings (SSSR count). The van der Waals surface area contributed by atoms with Gasteiger partial charge in [-0.2, -0.15) is 0 Å². The van der Waals surface area contributed by atoms with Crippen LogP contribution in [0.5, 0.6) is 0 Å². The van der Waals surface area contributed by atoms with Gasteiger partial charge >= 0.3 is 5.97 Å². The van der Waals surface area contributed by atoms with E-state index < -0.39 is 0 Å².